The maximum Gasteiger partial charge on any atom is -0.0244 e. The normalized spacial score (nSPS) is 18.4. The van der Waals surface area contributed by atoms with Crippen molar-refractivity contribution in [2.75, 3.05) is 0 Å². The number of hydrogen-bond donors (Lipinski definition) is 0. The van der Waals surface area contributed by atoms with Gasteiger partial charge in [0.1, 0.15) is 0 Å². The summed E-state index contributed by atoms with van der Waals surface area (Å²) in [5, 5.41) is 0. The van der Waals surface area contributed by atoms with Crippen LogP contribution in [0.1, 0.15) is 61.8 Å². The maximum atomic E-state index is 2.39. The Morgan fingerprint density at radius 3 is 2.71 bits per heavy atom. The molecule has 1 aromatic carbocycles. The van der Waals surface area contributed by atoms with E-state index in [2.05, 4.69) is 32.9 Å². The summed E-state index contributed by atoms with van der Waals surface area (Å²) < 4.78 is 0. The van der Waals surface area contributed by atoms with Crippen molar-refractivity contribution in [1.82, 2.24) is 0 Å². The molecule has 1 aliphatic carbocycles. The molecule has 0 aliphatic heterocycles. The molecule has 0 nitrogen and oxygen atoms in total. The summed E-state index contributed by atoms with van der Waals surface area (Å²) in [5.41, 5.74) is 6.50. The number of benzene rings is 1. The van der Waals surface area contributed by atoms with Gasteiger partial charge in [-0.15, -0.1) is 0 Å². The van der Waals surface area contributed by atoms with E-state index in [0.29, 0.717) is 0 Å². The van der Waals surface area contributed by atoms with E-state index in [0.717, 1.165) is 5.92 Å². The Bertz CT molecular complexity index is 376. The maximum absolute atomic E-state index is 2.39. The van der Waals surface area contributed by atoms with E-state index in [-0.39, 0.29) is 0 Å². The molecule has 0 spiro atoms. The van der Waals surface area contributed by atoms with Gasteiger partial charge in [-0.25, -0.2) is 0 Å². The molecule has 1 unspecified atom stereocenters. The second-order valence-electron chi connectivity index (χ2n) is 5.81. The minimum absolute atomic E-state index is 0.860. The minimum Gasteiger partial charge on any atom is -0.0654 e. The van der Waals surface area contributed by atoms with Crippen LogP contribution in [-0.4, -0.2) is 0 Å². The lowest BCUT2D eigenvalue weighted by Crippen LogP contribution is -1.96. The van der Waals surface area contributed by atoms with Crippen molar-refractivity contribution in [3.8, 4) is 0 Å². The quantitative estimate of drug-likeness (QED) is 0.634. The topological polar surface area (TPSA) is 0 Å². The van der Waals surface area contributed by atoms with E-state index in [1.807, 2.05) is 0 Å². The average Bonchev–Trinajstić information content (AvgIpc) is 2.69. The highest BCUT2D eigenvalue weighted by Gasteiger charge is 2.20. The van der Waals surface area contributed by atoms with Gasteiger partial charge in [-0.1, -0.05) is 45.2 Å². The van der Waals surface area contributed by atoms with Gasteiger partial charge in [0, 0.05) is 0 Å². The van der Waals surface area contributed by atoms with E-state index in [9.17, 15) is 0 Å². The molecular formula is C17H26. The molecule has 1 aliphatic rings. The lowest BCUT2D eigenvalue weighted by molar-refractivity contribution is 0.626. The van der Waals surface area contributed by atoms with Crippen LogP contribution < -0.4 is 0 Å². The highest BCUT2D eigenvalue weighted by Crippen LogP contribution is 2.31. The van der Waals surface area contributed by atoms with E-state index in [1.165, 1.54) is 44.9 Å². The molecule has 1 atom stereocenters. The van der Waals surface area contributed by atoms with Crippen LogP contribution in [0.2, 0.25) is 0 Å². The first kappa shape index (κ1) is 12.7. The second kappa shape index (κ2) is 5.71. The standard InChI is InChI=1S/C17H26/c1-4-5-6-7-8-15-9-10-16-11-13(2)12-17(16)14(15)3/h9-10,13H,4-8,11-12H2,1-3H3. The SMILES string of the molecule is CCCCCCc1ccc2c(c1C)CC(C)C2. The predicted molar refractivity (Wildman–Crippen MR) is 75.6 cm³/mol. The Balaban J connectivity index is 2.02. The van der Waals surface area contributed by atoms with E-state index in [1.54, 1.807) is 22.3 Å². The smallest absolute Gasteiger partial charge is 0.0244 e. The van der Waals surface area contributed by atoms with Crippen LogP contribution in [0.15, 0.2) is 12.1 Å². The molecule has 0 heterocycles. The highest BCUT2D eigenvalue weighted by molar-refractivity contribution is 5.43. The van der Waals surface area contributed by atoms with E-state index in [4.69, 9.17) is 0 Å². The number of fused-ring (bicyclic) bond motifs is 1. The van der Waals surface area contributed by atoms with Gasteiger partial charge in [-0.3, -0.25) is 0 Å². The zero-order valence-corrected chi connectivity index (χ0v) is 11.7. The summed E-state index contributed by atoms with van der Waals surface area (Å²) in [5.74, 6) is 0.860. The Hall–Kier alpha value is -0.780. The Kier molecular flexibility index (Phi) is 4.25. The largest absolute Gasteiger partial charge is 0.0654 e. The van der Waals surface area contributed by atoms with Gasteiger partial charge in [0.25, 0.3) is 0 Å². The molecular weight excluding hydrogens is 204 g/mol. The molecule has 0 saturated carbocycles. The van der Waals surface area contributed by atoms with Gasteiger partial charge < -0.3 is 0 Å². The van der Waals surface area contributed by atoms with Crippen molar-refractivity contribution < 1.29 is 0 Å². The number of unbranched alkanes of at least 4 members (excludes halogenated alkanes) is 3. The van der Waals surface area contributed by atoms with Gasteiger partial charge >= 0.3 is 0 Å². The van der Waals surface area contributed by atoms with Crippen LogP contribution in [0, 0.1) is 12.8 Å². The zero-order valence-electron chi connectivity index (χ0n) is 11.7. The van der Waals surface area contributed by atoms with Crippen LogP contribution in [-0.2, 0) is 19.3 Å². The predicted octanol–water partition coefficient (Wildman–Crippen LogP) is 4.85. The van der Waals surface area contributed by atoms with Crippen molar-refractivity contribution in [3.05, 3.63) is 34.4 Å². The van der Waals surface area contributed by atoms with Crippen LogP contribution in [0.3, 0.4) is 0 Å². The van der Waals surface area contributed by atoms with Gasteiger partial charge in [0.05, 0.1) is 0 Å². The fourth-order valence-electron chi connectivity index (χ4n) is 3.15. The Morgan fingerprint density at radius 2 is 1.94 bits per heavy atom. The number of rotatable bonds is 5. The Morgan fingerprint density at radius 1 is 1.12 bits per heavy atom. The summed E-state index contributed by atoms with van der Waals surface area (Å²) in [6.07, 6.45) is 9.37. The summed E-state index contributed by atoms with van der Waals surface area (Å²) in [6.45, 7) is 6.99. The molecule has 0 heteroatoms. The van der Waals surface area contributed by atoms with Crippen LogP contribution >= 0.6 is 0 Å². The first-order valence-corrected chi connectivity index (χ1v) is 7.32. The first-order valence-electron chi connectivity index (χ1n) is 7.32. The fourth-order valence-corrected chi connectivity index (χ4v) is 3.15. The summed E-state index contributed by atoms with van der Waals surface area (Å²) in [7, 11) is 0. The zero-order chi connectivity index (χ0) is 12.3. The molecule has 17 heavy (non-hydrogen) atoms. The summed E-state index contributed by atoms with van der Waals surface area (Å²) >= 11 is 0. The first-order chi connectivity index (χ1) is 8.22. The third-order valence-electron chi connectivity index (χ3n) is 4.23. The molecule has 1 aromatic rings. The summed E-state index contributed by atoms with van der Waals surface area (Å²) in [6, 6.07) is 4.78. The molecule has 0 saturated heterocycles. The van der Waals surface area contributed by atoms with Crippen LogP contribution in [0.4, 0.5) is 0 Å². The Labute approximate surface area is 106 Å². The van der Waals surface area contributed by atoms with Gasteiger partial charge in [0.15, 0.2) is 0 Å². The van der Waals surface area contributed by atoms with Crippen molar-refractivity contribution >= 4 is 0 Å². The minimum atomic E-state index is 0.860. The van der Waals surface area contributed by atoms with Crippen LogP contribution in [0.25, 0.3) is 0 Å². The number of hydrogen-bond acceptors (Lipinski definition) is 0. The fraction of sp³-hybridized carbons (Fsp3) is 0.647. The molecule has 0 radical (unpaired) electrons. The summed E-state index contributed by atoms with van der Waals surface area (Å²) in [4.78, 5) is 0. The molecule has 0 bridgehead atoms. The lowest BCUT2D eigenvalue weighted by Gasteiger charge is -2.11. The van der Waals surface area contributed by atoms with Crippen LogP contribution in [0.5, 0.6) is 0 Å². The highest BCUT2D eigenvalue weighted by atomic mass is 14.2. The molecule has 0 N–H and O–H groups in total. The van der Waals surface area contributed by atoms with Crippen molar-refractivity contribution in [2.45, 2.75) is 65.7 Å². The van der Waals surface area contributed by atoms with Crippen molar-refractivity contribution in [1.29, 1.82) is 0 Å². The number of aryl methyl sites for hydroxylation is 1. The average molecular weight is 230 g/mol. The monoisotopic (exact) mass is 230 g/mol. The molecule has 0 fully saturated rings. The van der Waals surface area contributed by atoms with E-state index < -0.39 is 0 Å². The second-order valence-corrected chi connectivity index (χ2v) is 5.81. The third kappa shape index (κ3) is 2.91. The van der Waals surface area contributed by atoms with Crippen molar-refractivity contribution in [3.63, 3.8) is 0 Å². The lowest BCUT2D eigenvalue weighted by atomic mass is 9.95. The third-order valence-corrected chi connectivity index (χ3v) is 4.23. The molecule has 0 amide bonds. The van der Waals surface area contributed by atoms with Gasteiger partial charge in [0.2, 0.25) is 0 Å². The molecule has 2 rings (SSSR count). The van der Waals surface area contributed by atoms with Gasteiger partial charge in [-0.05, 0) is 60.8 Å². The van der Waals surface area contributed by atoms with Gasteiger partial charge in [-0.2, -0.15) is 0 Å². The molecule has 0 aromatic heterocycles. The van der Waals surface area contributed by atoms with Crippen molar-refractivity contribution in [2.24, 2.45) is 5.92 Å². The van der Waals surface area contributed by atoms with E-state index >= 15 is 0 Å². The molecule has 94 valence electrons.